The van der Waals surface area contributed by atoms with Crippen LogP contribution in [0.3, 0.4) is 0 Å². The Bertz CT molecular complexity index is 859. The van der Waals surface area contributed by atoms with Gasteiger partial charge in [0, 0.05) is 17.7 Å². The van der Waals surface area contributed by atoms with Crippen molar-refractivity contribution in [3.63, 3.8) is 0 Å². The molecule has 0 spiro atoms. The van der Waals surface area contributed by atoms with E-state index in [-0.39, 0.29) is 11.3 Å². The summed E-state index contributed by atoms with van der Waals surface area (Å²) in [4.78, 5) is 16.4. The number of allylic oxidation sites excluding steroid dienone is 1. The van der Waals surface area contributed by atoms with Crippen LogP contribution in [-0.2, 0) is 4.79 Å². The van der Waals surface area contributed by atoms with Gasteiger partial charge in [-0.3, -0.25) is 9.78 Å². The number of carbonyl (C=O) groups is 1. The Balaban J connectivity index is 1.42. The lowest BCUT2D eigenvalue weighted by molar-refractivity contribution is -0.122. The van der Waals surface area contributed by atoms with Gasteiger partial charge < -0.3 is 5.32 Å². The van der Waals surface area contributed by atoms with E-state index in [4.69, 9.17) is 0 Å². The van der Waals surface area contributed by atoms with Crippen LogP contribution in [0.2, 0.25) is 0 Å². The van der Waals surface area contributed by atoms with E-state index in [0.717, 1.165) is 24.0 Å². The lowest BCUT2D eigenvalue weighted by Crippen LogP contribution is -2.59. The van der Waals surface area contributed by atoms with Crippen LogP contribution in [0.5, 0.6) is 0 Å². The number of aromatic nitrogens is 1. The van der Waals surface area contributed by atoms with Gasteiger partial charge >= 0.3 is 0 Å². The molecule has 1 aromatic rings. The van der Waals surface area contributed by atoms with Crippen LogP contribution in [0.15, 0.2) is 42.1 Å². The standard InChI is InChI=1S/C26H34N2O/c1-17(16-18-6-4-5-15-27-18)20-8-9-21-19-7-10-23-26(3,14-12-24(29)28-23)22(19)11-13-25(20,21)2/h4-6,12,14-16,19-23H,7-11,13H2,1-3H3,(H,28,29)/b17-16+/t19-,20+,21-,22-,23?,25+,26+/m0/s1. The highest BCUT2D eigenvalue weighted by atomic mass is 16.1. The second-order valence-electron chi connectivity index (χ2n) is 10.5. The number of carbonyl (C=O) groups excluding carboxylic acids is 1. The second-order valence-corrected chi connectivity index (χ2v) is 10.5. The highest BCUT2D eigenvalue weighted by Crippen LogP contribution is 2.66. The SMILES string of the molecule is C/C(=C\c1ccccn1)[C@H]1CC[C@H]2[C@@H]3CCC4NC(=O)C=C[C@]4(C)[C@H]3CC[C@]12C. The molecule has 1 amide bonds. The summed E-state index contributed by atoms with van der Waals surface area (Å²) in [5, 5.41) is 3.27. The Labute approximate surface area is 175 Å². The Kier molecular flexibility index (Phi) is 4.49. The van der Waals surface area contributed by atoms with Gasteiger partial charge in [-0.2, -0.15) is 0 Å². The fraction of sp³-hybridized carbons (Fsp3) is 0.615. The molecule has 1 aliphatic heterocycles. The molecule has 154 valence electrons. The van der Waals surface area contributed by atoms with Crippen LogP contribution < -0.4 is 5.32 Å². The summed E-state index contributed by atoms with van der Waals surface area (Å²) in [7, 11) is 0. The van der Waals surface area contributed by atoms with Crippen LogP contribution in [-0.4, -0.2) is 16.9 Å². The molecule has 0 aromatic carbocycles. The molecule has 1 N–H and O–H groups in total. The van der Waals surface area contributed by atoms with Crippen molar-refractivity contribution in [2.45, 2.75) is 65.3 Å². The van der Waals surface area contributed by atoms with E-state index < -0.39 is 0 Å². The minimum absolute atomic E-state index is 0.0998. The van der Waals surface area contributed by atoms with E-state index in [9.17, 15) is 4.79 Å². The van der Waals surface area contributed by atoms with Crippen LogP contribution in [0.4, 0.5) is 0 Å². The molecule has 3 aliphatic carbocycles. The smallest absolute Gasteiger partial charge is 0.243 e. The average Bonchev–Trinajstić information content (AvgIpc) is 3.06. The first kappa shape index (κ1) is 19.1. The summed E-state index contributed by atoms with van der Waals surface area (Å²) in [6.45, 7) is 7.32. The molecule has 1 unspecified atom stereocenters. The van der Waals surface area contributed by atoms with Gasteiger partial charge in [0.25, 0.3) is 0 Å². The van der Waals surface area contributed by atoms with E-state index in [1.54, 1.807) is 6.08 Å². The maximum Gasteiger partial charge on any atom is 0.243 e. The highest BCUT2D eigenvalue weighted by Gasteiger charge is 2.59. The molecular formula is C26H34N2O. The molecule has 0 saturated heterocycles. The number of nitrogens with one attached hydrogen (secondary N) is 1. The number of rotatable bonds is 2. The minimum atomic E-state index is 0.0998. The van der Waals surface area contributed by atoms with E-state index in [0.29, 0.717) is 23.3 Å². The molecule has 5 rings (SSSR count). The first-order valence-electron chi connectivity index (χ1n) is 11.5. The third kappa shape index (κ3) is 2.92. The summed E-state index contributed by atoms with van der Waals surface area (Å²) < 4.78 is 0. The van der Waals surface area contributed by atoms with Gasteiger partial charge in [-0.15, -0.1) is 0 Å². The maximum atomic E-state index is 11.9. The molecule has 3 heteroatoms. The third-order valence-electron chi connectivity index (χ3n) is 9.30. The molecule has 2 heterocycles. The number of fused-ring (bicyclic) bond motifs is 5. The molecule has 0 radical (unpaired) electrons. The van der Waals surface area contributed by atoms with Crippen molar-refractivity contribution >= 4 is 12.0 Å². The number of pyridine rings is 1. The van der Waals surface area contributed by atoms with Crippen molar-refractivity contribution in [2.24, 2.45) is 34.5 Å². The normalized spacial score (nSPS) is 43.9. The average molecular weight is 391 g/mol. The Morgan fingerprint density at radius 3 is 2.79 bits per heavy atom. The zero-order valence-corrected chi connectivity index (χ0v) is 18.0. The van der Waals surface area contributed by atoms with Crippen LogP contribution in [0.25, 0.3) is 6.08 Å². The predicted octanol–water partition coefficient (Wildman–Crippen LogP) is 5.40. The Morgan fingerprint density at radius 2 is 2.00 bits per heavy atom. The van der Waals surface area contributed by atoms with Crippen molar-refractivity contribution < 1.29 is 4.79 Å². The zero-order chi connectivity index (χ0) is 20.2. The monoisotopic (exact) mass is 390 g/mol. The predicted molar refractivity (Wildman–Crippen MR) is 117 cm³/mol. The second kappa shape index (κ2) is 6.82. The molecule has 7 atom stereocenters. The van der Waals surface area contributed by atoms with E-state index in [2.05, 4.69) is 55.4 Å². The number of nitrogens with zero attached hydrogens (tertiary/aromatic N) is 1. The Morgan fingerprint density at radius 1 is 1.14 bits per heavy atom. The van der Waals surface area contributed by atoms with Crippen molar-refractivity contribution in [2.75, 3.05) is 0 Å². The minimum Gasteiger partial charge on any atom is -0.349 e. The molecule has 0 bridgehead atoms. The summed E-state index contributed by atoms with van der Waals surface area (Å²) in [6.07, 6.45) is 15.9. The van der Waals surface area contributed by atoms with Crippen LogP contribution in [0.1, 0.15) is 65.0 Å². The van der Waals surface area contributed by atoms with Gasteiger partial charge in [0.15, 0.2) is 0 Å². The number of hydrogen-bond acceptors (Lipinski definition) is 2. The molecule has 3 fully saturated rings. The number of amides is 1. The van der Waals surface area contributed by atoms with Crippen molar-refractivity contribution in [3.05, 3.63) is 47.8 Å². The third-order valence-corrected chi connectivity index (χ3v) is 9.30. The summed E-state index contributed by atoms with van der Waals surface area (Å²) in [6, 6.07) is 6.50. The van der Waals surface area contributed by atoms with E-state index in [1.165, 1.54) is 37.7 Å². The quantitative estimate of drug-likeness (QED) is 0.735. The van der Waals surface area contributed by atoms with E-state index in [1.807, 2.05) is 12.3 Å². The summed E-state index contributed by atoms with van der Waals surface area (Å²) >= 11 is 0. The van der Waals surface area contributed by atoms with Gasteiger partial charge in [-0.25, -0.2) is 0 Å². The molecule has 1 aromatic heterocycles. The molecule has 4 aliphatic rings. The lowest BCUT2D eigenvalue weighted by atomic mass is 9.47. The Hall–Kier alpha value is -1.90. The first-order chi connectivity index (χ1) is 13.9. The first-order valence-corrected chi connectivity index (χ1v) is 11.5. The zero-order valence-electron chi connectivity index (χ0n) is 18.0. The molecule has 3 saturated carbocycles. The van der Waals surface area contributed by atoms with Gasteiger partial charge in [0.05, 0.1) is 5.69 Å². The van der Waals surface area contributed by atoms with Gasteiger partial charge in [-0.05, 0) is 98.8 Å². The topological polar surface area (TPSA) is 42.0 Å². The highest BCUT2D eigenvalue weighted by molar-refractivity contribution is 5.89. The largest absolute Gasteiger partial charge is 0.349 e. The molecular weight excluding hydrogens is 356 g/mol. The molecule has 29 heavy (non-hydrogen) atoms. The van der Waals surface area contributed by atoms with Crippen LogP contribution >= 0.6 is 0 Å². The van der Waals surface area contributed by atoms with Gasteiger partial charge in [-0.1, -0.05) is 31.6 Å². The summed E-state index contributed by atoms with van der Waals surface area (Å²) in [5.74, 6) is 3.07. The molecule has 3 nitrogen and oxygen atoms in total. The lowest BCUT2D eigenvalue weighted by Gasteiger charge is -2.59. The van der Waals surface area contributed by atoms with Crippen molar-refractivity contribution in [3.8, 4) is 0 Å². The maximum absolute atomic E-state index is 11.9. The van der Waals surface area contributed by atoms with Gasteiger partial charge in [0.2, 0.25) is 5.91 Å². The fourth-order valence-electron chi connectivity index (χ4n) is 7.88. The van der Waals surface area contributed by atoms with E-state index >= 15 is 0 Å². The van der Waals surface area contributed by atoms with Crippen molar-refractivity contribution in [1.29, 1.82) is 0 Å². The fourth-order valence-corrected chi connectivity index (χ4v) is 7.88. The summed E-state index contributed by atoms with van der Waals surface area (Å²) in [5.41, 5.74) is 3.13. The number of hydrogen-bond donors (Lipinski definition) is 1. The van der Waals surface area contributed by atoms with Gasteiger partial charge in [0.1, 0.15) is 0 Å². The van der Waals surface area contributed by atoms with Crippen LogP contribution in [0, 0.1) is 34.5 Å². The van der Waals surface area contributed by atoms with Crippen molar-refractivity contribution in [1.82, 2.24) is 10.3 Å².